The molecule has 2 nitrogen and oxygen atoms in total. The van der Waals surface area contributed by atoms with Gasteiger partial charge in [-0.25, -0.2) is 17.6 Å². The van der Waals surface area contributed by atoms with Crippen molar-refractivity contribution in [2.45, 2.75) is 70.3 Å². The van der Waals surface area contributed by atoms with Crippen LogP contribution in [0.1, 0.15) is 80.9 Å². The van der Waals surface area contributed by atoms with Crippen LogP contribution in [0.3, 0.4) is 0 Å². The van der Waals surface area contributed by atoms with E-state index in [4.69, 9.17) is 5.26 Å². The van der Waals surface area contributed by atoms with Crippen LogP contribution in [0.25, 0.3) is 0 Å². The molecule has 0 aromatic heterocycles. The Morgan fingerprint density at radius 2 is 1.48 bits per heavy atom. The van der Waals surface area contributed by atoms with Crippen molar-refractivity contribution in [1.29, 1.82) is 5.26 Å². The Morgan fingerprint density at radius 1 is 0.909 bits per heavy atom. The van der Waals surface area contributed by atoms with E-state index in [1.165, 1.54) is 12.5 Å². The largest absolute Gasteiger partial charge is 0.432 e. The molecule has 8 heteroatoms. The van der Waals surface area contributed by atoms with Gasteiger partial charge >= 0.3 is 6.11 Å². The maximum absolute atomic E-state index is 14.6. The Balaban J connectivity index is 1.75. The summed E-state index contributed by atoms with van der Waals surface area (Å²) in [4.78, 5) is 0. The number of hydrogen-bond donors (Lipinski definition) is 0. The standard InChI is InChI=1S/C25H25F6NO/c1-2-3-4-5-15-6-8-16(9-7-15)17-10-22(28)24(23(29)11-17)25(30,31)33-18-12-20(26)19(14-32)21(27)13-18/h10-13,15-16H,2-9H2,1H3/t15-,16-. The van der Waals surface area contributed by atoms with Crippen LogP contribution < -0.4 is 4.74 Å². The zero-order chi connectivity index (χ0) is 24.2. The van der Waals surface area contributed by atoms with Gasteiger partial charge in [-0.2, -0.15) is 14.0 Å². The van der Waals surface area contributed by atoms with Crippen LogP contribution in [-0.4, -0.2) is 0 Å². The van der Waals surface area contributed by atoms with Crippen molar-refractivity contribution in [3.63, 3.8) is 0 Å². The highest BCUT2D eigenvalue weighted by molar-refractivity contribution is 5.39. The lowest BCUT2D eigenvalue weighted by Gasteiger charge is -2.29. The molecule has 0 atom stereocenters. The molecule has 0 amide bonds. The number of benzene rings is 2. The molecule has 178 valence electrons. The number of nitriles is 1. The number of nitrogens with zero attached hydrogens (tertiary/aromatic N) is 1. The molecule has 3 rings (SSSR count). The van der Waals surface area contributed by atoms with Crippen molar-refractivity contribution in [3.05, 3.63) is 64.2 Å². The molecule has 0 unspecified atom stereocenters. The molecule has 0 aliphatic heterocycles. The highest BCUT2D eigenvalue weighted by atomic mass is 19.3. The molecule has 0 radical (unpaired) electrons. The Kier molecular flexibility index (Phi) is 7.93. The highest BCUT2D eigenvalue weighted by Crippen LogP contribution is 2.41. The number of ether oxygens (including phenoxy) is 1. The summed E-state index contributed by atoms with van der Waals surface area (Å²) in [6.45, 7) is 2.14. The van der Waals surface area contributed by atoms with Gasteiger partial charge in [0.1, 0.15) is 46.2 Å². The fourth-order valence-electron chi connectivity index (χ4n) is 4.49. The van der Waals surface area contributed by atoms with E-state index in [1.54, 1.807) is 0 Å². The molecule has 0 N–H and O–H groups in total. The van der Waals surface area contributed by atoms with Crippen molar-refractivity contribution in [1.82, 2.24) is 0 Å². The number of alkyl halides is 2. The van der Waals surface area contributed by atoms with E-state index in [0.717, 1.165) is 57.1 Å². The zero-order valence-corrected chi connectivity index (χ0v) is 18.2. The van der Waals surface area contributed by atoms with Gasteiger partial charge in [0.15, 0.2) is 0 Å². The molecule has 2 aromatic rings. The summed E-state index contributed by atoms with van der Waals surface area (Å²) < 4.78 is 90.0. The van der Waals surface area contributed by atoms with Gasteiger partial charge in [0.05, 0.1) is 0 Å². The van der Waals surface area contributed by atoms with Crippen molar-refractivity contribution >= 4 is 0 Å². The first-order valence-electron chi connectivity index (χ1n) is 11.1. The van der Waals surface area contributed by atoms with E-state index in [1.807, 2.05) is 0 Å². The lowest BCUT2D eigenvalue weighted by Crippen LogP contribution is -2.26. The topological polar surface area (TPSA) is 33.0 Å². The second-order valence-electron chi connectivity index (χ2n) is 8.57. The Bertz CT molecular complexity index is 978. The third kappa shape index (κ3) is 5.82. The van der Waals surface area contributed by atoms with E-state index in [0.29, 0.717) is 23.6 Å². The first-order valence-corrected chi connectivity index (χ1v) is 11.1. The first-order chi connectivity index (χ1) is 15.7. The molecule has 0 heterocycles. The summed E-state index contributed by atoms with van der Waals surface area (Å²) in [7, 11) is 0. The summed E-state index contributed by atoms with van der Waals surface area (Å²) in [5.41, 5.74) is -2.30. The Labute approximate surface area is 189 Å². The quantitative estimate of drug-likeness (QED) is 0.289. The fraction of sp³-hybridized carbons (Fsp3) is 0.480. The molecule has 1 fully saturated rings. The zero-order valence-electron chi connectivity index (χ0n) is 18.2. The highest BCUT2D eigenvalue weighted by Gasteiger charge is 2.42. The van der Waals surface area contributed by atoms with Gasteiger partial charge in [-0.1, -0.05) is 32.6 Å². The smallest absolute Gasteiger partial charge is 0.429 e. The summed E-state index contributed by atoms with van der Waals surface area (Å²) in [6, 6.07) is 3.74. The fourth-order valence-corrected chi connectivity index (χ4v) is 4.49. The average Bonchev–Trinajstić information content (AvgIpc) is 2.73. The van der Waals surface area contributed by atoms with Crippen LogP contribution in [-0.2, 0) is 6.11 Å². The molecule has 0 spiro atoms. The summed E-state index contributed by atoms with van der Waals surface area (Å²) in [6.07, 6.45) is 3.38. The molecular formula is C25H25F6NO. The number of halogens is 6. The molecule has 0 bridgehead atoms. The van der Waals surface area contributed by atoms with E-state index in [-0.39, 0.29) is 5.92 Å². The normalized spacial score (nSPS) is 18.7. The van der Waals surface area contributed by atoms with E-state index < -0.39 is 46.3 Å². The molecule has 1 saturated carbocycles. The van der Waals surface area contributed by atoms with Gasteiger partial charge in [0.2, 0.25) is 0 Å². The van der Waals surface area contributed by atoms with Crippen LogP contribution in [0.4, 0.5) is 26.3 Å². The summed E-state index contributed by atoms with van der Waals surface area (Å²) in [5.74, 6) is -6.38. The lowest BCUT2D eigenvalue weighted by atomic mass is 9.77. The van der Waals surface area contributed by atoms with Crippen molar-refractivity contribution in [2.75, 3.05) is 0 Å². The van der Waals surface area contributed by atoms with Gasteiger partial charge < -0.3 is 4.74 Å². The molecule has 1 aliphatic rings. The maximum atomic E-state index is 14.6. The number of rotatable bonds is 8. The molecular weight excluding hydrogens is 444 g/mol. The van der Waals surface area contributed by atoms with Gasteiger partial charge in [-0.15, -0.1) is 0 Å². The van der Waals surface area contributed by atoms with Crippen LogP contribution in [0, 0.1) is 40.5 Å². The summed E-state index contributed by atoms with van der Waals surface area (Å²) in [5, 5.41) is 8.65. The maximum Gasteiger partial charge on any atom is 0.432 e. The van der Waals surface area contributed by atoms with Gasteiger partial charge in [-0.3, -0.25) is 0 Å². The Hall–Kier alpha value is -2.69. The predicted molar refractivity (Wildman–Crippen MR) is 111 cm³/mol. The first kappa shape index (κ1) is 24.9. The van der Waals surface area contributed by atoms with Crippen LogP contribution >= 0.6 is 0 Å². The number of unbranched alkanes of at least 4 members (excludes halogenated alkanes) is 2. The van der Waals surface area contributed by atoms with Crippen LogP contribution in [0.15, 0.2) is 24.3 Å². The second kappa shape index (κ2) is 10.5. The van der Waals surface area contributed by atoms with E-state index >= 15 is 0 Å². The van der Waals surface area contributed by atoms with Crippen LogP contribution in [0.2, 0.25) is 0 Å². The van der Waals surface area contributed by atoms with Crippen molar-refractivity contribution in [3.8, 4) is 11.8 Å². The van der Waals surface area contributed by atoms with E-state index in [9.17, 15) is 26.3 Å². The predicted octanol–water partition coefficient (Wildman–Crippen LogP) is 8.10. The second-order valence-corrected chi connectivity index (χ2v) is 8.57. The minimum absolute atomic E-state index is 0.123. The van der Waals surface area contributed by atoms with Crippen molar-refractivity contribution < 1.29 is 31.1 Å². The minimum Gasteiger partial charge on any atom is -0.429 e. The van der Waals surface area contributed by atoms with Gasteiger partial charge in [0.25, 0.3) is 0 Å². The molecule has 1 aliphatic carbocycles. The lowest BCUT2D eigenvalue weighted by molar-refractivity contribution is -0.189. The number of hydrogen-bond acceptors (Lipinski definition) is 2. The van der Waals surface area contributed by atoms with Gasteiger partial charge in [-0.05, 0) is 55.2 Å². The SMILES string of the molecule is CCCCC[C@H]1CC[C@H](c2cc(F)c(C(F)(F)Oc3cc(F)c(C#N)c(F)c3)c(F)c2)CC1. The monoisotopic (exact) mass is 469 g/mol. The van der Waals surface area contributed by atoms with E-state index in [2.05, 4.69) is 11.7 Å². The van der Waals surface area contributed by atoms with Crippen molar-refractivity contribution in [2.24, 2.45) is 5.92 Å². The third-order valence-electron chi connectivity index (χ3n) is 6.26. The minimum atomic E-state index is -4.53. The molecule has 2 aromatic carbocycles. The van der Waals surface area contributed by atoms with Crippen LogP contribution in [0.5, 0.6) is 5.75 Å². The molecule has 33 heavy (non-hydrogen) atoms. The molecule has 0 saturated heterocycles. The Morgan fingerprint density at radius 3 is 2.00 bits per heavy atom. The average molecular weight is 469 g/mol. The van der Waals surface area contributed by atoms with Gasteiger partial charge in [0, 0.05) is 12.1 Å². The third-order valence-corrected chi connectivity index (χ3v) is 6.26. The summed E-state index contributed by atoms with van der Waals surface area (Å²) >= 11 is 0.